The van der Waals surface area contributed by atoms with Crippen LogP contribution in [0.4, 0.5) is 0 Å². The van der Waals surface area contributed by atoms with Crippen molar-refractivity contribution in [3.63, 3.8) is 0 Å². The van der Waals surface area contributed by atoms with Crippen molar-refractivity contribution in [1.82, 2.24) is 10.2 Å². The van der Waals surface area contributed by atoms with Gasteiger partial charge in [-0.15, -0.1) is 0 Å². The van der Waals surface area contributed by atoms with E-state index in [1.54, 1.807) is 7.11 Å². The highest BCUT2D eigenvalue weighted by atomic mass is 16.5. The molecule has 1 N–H and O–H groups in total. The van der Waals surface area contributed by atoms with Gasteiger partial charge in [-0.2, -0.15) is 0 Å². The zero-order valence-corrected chi connectivity index (χ0v) is 14.3. The minimum Gasteiger partial charge on any atom is -0.382 e. The van der Waals surface area contributed by atoms with Gasteiger partial charge in [0.1, 0.15) is 0 Å². The molecule has 23 heavy (non-hydrogen) atoms. The first-order valence-electron chi connectivity index (χ1n) is 8.50. The van der Waals surface area contributed by atoms with Crippen LogP contribution in [0.1, 0.15) is 24.8 Å². The largest absolute Gasteiger partial charge is 0.382 e. The summed E-state index contributed by atoms with van der Waals surface area (Å²) in [5.41, 5.74) is 1.42. The van der Waals surface area contributed by atoms with Crippen LogP contribution in [0, 0.1) is 0 Å². The van der Waals surface area contributed by atoms with Gasteiger partial charge < -0.3 is 19.7 Å². The molecule has 1 fully saturated rings. The molecule has 0 aliphatic carbocycles. The van der Waals surface area contributed by atoms with E-state index in [-0.39, 0.29) is 0 Å². The highest BCUT2D eigenvalue weighted by Crippen LogP contribution is 2.26. The molecule has 0 aromatic heterocycles. The van der Waals surface area contributed by atoms with Crippen molar-refractivity contribution >= 4 is 5.96 Å². The molecule has 1 saturated heterocycles. The van der Waals surface area contributed by atoms with Crippen LogP contribution in [0.25, 0.3) is 0 Å². The van der Waals surface area contributed by atoms with E-state index in [1.165, 1.54) is 12.0 Å². The van der Waals surface area contributed by atoms with Gasteiger partial charge in [0.15, 0.2) is 5.96 Å². The normalized spacial score (nSPS) is 18.4. The zero-order valence-electron chi connectivity index (χ0n) is 14.3. The summed E-state index contributed by atoms with van der Waals surface area (Å²) in [6, 6.07) is 10.8. The Morgan fingerprint density at radius 1 is 1.26 bits per heavy atom. The molecule has 1 atom stereocenters. The Labute approximate surface area is 139 Å². The summed E-state index contributed by atoms with van der Waals surface area (Å²) < 4.78 is 10.4. The summed E-state index contributed by atoms with van der Waals surface area (Å²) in [6.45, 7) is 7.64. The lowest BCUT2D eigenvalue weighted by Gasteiger charge is -2.21. The molecule has 1 unspecified atom stereocenters. The molecular formula is C18H29N3O2. The smallest absolute Gasteiger partial charge is 0.194 e. The molecule has 1 heterocycles. The maximum Gasteiger partial charge on any atom is 0.194 e. The SMILES string of the molecule is CCNC(=NCCOCCOC)N1CCC(c2ccccc2)C1. The summed E-state index contributed by atoms with van der Waals surface area (Å²) in [6.07, 6.45) is 1.18. The van der Waals surface area contributed by atoms with Crippen LogP contribution in [0.5, 0.6) is 0 Å². The van der Waals surface area contributed by atoms with Crippen molar-refractivity contribution in [2.45, 2.75) is 19.3 Å². The second-order valence-corrected chi connectivity index (χ2v) is 5.68. The third kappa shape index (κ3) is 5.84. The Balaban J connectivity index is 1.83. The summed E-state index contributed by atoms with van der Waals surface area (Å²) >= 11 is 0. The molecule has 2 rings (SSSR count). The third-order valence-corrected chi connectivity index (χ3v) is 4.02. The second kappa shape index (κ2) is 10.2. The molecule has 128 valence electrons. The van der Waals surface area contributed by atoms with Crippen LogP contribution < -0.4 is 5.32 Å². The van der Waals surface area contributed by atoms with Crippen LogP contribution in [0.2, 0.25) is 0 Å². The Morgan fingerprint density at radius 2 is 2.09 bits per heavy atom. The fourth-order valence-corrected chi connectivity index (χ4v) is 2.84. The van der Waals surface area contributed by atoms with Gasteiger partial charge in [-0.1, -0.05) is 30.3 Å². The molecule has 0 amide bonds. The van der Waals surface area contributed by atoms with E-state index in [9.17, 15) is 0 Å². The topological polar surface area (TPSA) is 46.1 Å². The van der Waals surface area contributed by atoms with E-state index in [2.05, 4.69) is 52.5 Å². The van der Waals surface area contributed by atoms with Crippen molar-refractivity contribution in [1.29, 1.82) is 0 Å². The molecule has 1 aliphatic heterocycles. The summed E-state index contributed by atoms with van der Waals surface area (Å²) in [7, 11) is 1.68. The average molecular weight is 319 g/mol. The third-order valence-electron chi connectivity index (χ3n) is 4.02. The van der Waals surface area contributed by atoms with Gasteiger partial charge in [0.05, 0.1) is 26.4 Å². The Kier molecular flexibility index (Phi) is 7.90. The summed E-state index contributed by atoms with van der Waals surface area (Å²) in [5.74, 6) is 1.60. The minimum atomic E-state index is 0.595. The van der Waals surface area contributed by atoms with Gasteiger partial charge in [0, 0.05) is 32.7 Å². The molecule has 0 saturated carbocycles. The lowest BCUT2D eigenvalue weighted by atomic mass is 9.99. The molecular weight excluding hydrogens is 290 g/mol. The highest BCUT2D eigenvalue weighted by Gasteiger charge is 2.25. The maximum atomic E-state index is 5.48. The quantitative estimate of drug-likeness (QED) is 0.453. The number of methoxy groups -OCH3 is 1. The number of aliphatic imine (C=N–C) groups is 1. The predicted molar refractivity (Wildman–Crippen MR) is 94.0 cm³/mol. The summed E-state index contributed by atoms with van der Waals surface area (Å²) in [5, 5.41) is 3.39. The molecule has 1 aromatic rings. The first-order chi connectivity index (χ1) is 11.3. The van der Waals surface area contributed by atoms with Crippen LogP contribution >= 0.6 is 0 Å². The number of likely N-dealkylation sites (tertiary alicyclic amines) is 1. The first-order valence-corrected chi connectivity index (χ1v) is 8.50. The van der Waals surface area contributed by atoms with E-state index < -0.39 is 0 Å². The lowest BCUT2D eigenvalue weighted by molar-refractivity contribution is 0.0747. The number of hydrogen-bond donors (Lipinski definition) is 1. The molecule has 5 heteroatoms. The molecule has 5 nitrogen and oxygen atoms in total. The van der Waals surface area contributed by atoms with Crippen molar-refractivity contribution in [2.24, 2.45) is 4.99 Å². The second-order valence-electron chi connectivity index (χ2n) is 5.68. The minimum absolute atomic E-state index is 0.595. The number of nitrogens with zero attached hydrogens (tertiary/aromatic N) is 2. The number of rotatable bonds is 8. The first kappa shape index (κ1) is 17.8. The van der Waals surface area contributed by atoms with E-state index in [0.29, 0.717) is 32.3 Å². The Morgan fingerprint density at radius 3 is 2.83 bits per heavy atom. The van der Waals surface area contributed by atoms with Crippen molar-refractivity contribution in [3.05, 3.63) is 35.9 Å². The molecule has 1 aromatic carbocycles. The number of ether oxygens (including phenoxy) is 2. The number of benzene rings is 1. The number of guanidine groups is 1. The van der Waals surface area contributed by atoms with E-state index in [4.69, 9.17) is 9.47 Å². The van der Waals surface area contributed by atoms with Crippen LogP contribution in [0.3, 0.4) is 0 Å². The van der Waals surface area contributed by atoms with Crippen molar-refractivity contribution in [3.8, 4) is 0 Å². The lowest BCUT2D eigenvalue weighted by Crippen LogP contribution is -2.40. The van der Waals surface area contributed by atoms with Crippen molar-refractivity contribution < 1.29 is 9.47 Å². The van der Waals surface area contributed by atoms with Gasteiger partial charge in [0.25, 0.3) is 0 Å². The summed E-state index contributed by atoms with van der Waals surface area (Å²) in [4.78, 5) is 7.04. The van der Waals surface area contributed by atoms with E-state index in [0.717, 1.165) is 25.6 Å². The zero-order chi connectivity index (χ0) is 16.3. The van der Waals surface area contributed by atoms with Gasteiger partial charge in [0.2, 0.25) is 0 Å². The van der Waals surface area contributed by atoms with Crippen molar-refractivity contribution in [2.75, 3.05) is 53.1 Å². The number of nitrogens with one attached hydrogen (secondary N) is 1. The van der Waals surface area contributed by atoms with E-state index in [1.807, 2.05) is 0 Å². The molecule has 0 spiro atoms. The maximum absolute atomic E-state index is 5.48. The fourth-order valence-electron chi connectivity index (χ4n) is 2.84. The van der Waals surface area contributed by atoms with Crippen LogP contribution in [-0.2, 0) is 9.47 Å². The average Bonchev–Trinajstić information content (AvgIpc) is 3.08. The van der Waals surface area contributed by atoms with Gasteiger partial charge in [-0.3, -0.25) is 4.99 Å². The van der Waals surface area contributed by atoms with E-state index >= 15 is 0 Å². The Bertz CT molecular complexity index is 465. The molecule has 0 bridgehead atoms. The highest BCUT2D eigenvalue weighted by molar-refractivity contribution is 5.80. The Hall–Kier alpha value is -1.59. The van der Waals surface area contributed by atoms with Gasteiger partial charge >= 0.3 is 0 Å². The number of hydrogen-bond acceptors (Lipinski definition) is 3. The fraction of sp³-hybridized carbons (Fsp3) is 0.611. The monoisotopic (exact) mass is 319 g/mol. The molecule has 0 radical (unpaired) electrons. The van der Waals surface area contributed by atoms with Crippen LogP contribution in [-0.4, -0.2) is 64.0 Å². The standard InChI is InChI=1S/C18H29N3O2/c1-3-19-18(20-10-12-23-14-13-22-2)21-11-9-17(15-21)16-7-5-4-6-8-16/h4-8,17H,3,9-15H2,1-2H3,(H,19,20). The van der Waals surface area contributed by atoms with Crippen LogP contribution in [0.15, 0.2) is 35.3 Å². The van der Waals surface area contributed by atoms with Gasteiger partial charge in [-0.05, 0) is 18.9 Å². The van der Waals surface area contributed by atoms with Gasteiger partial charge in [-0.25, -0.2) is 0 Å². The predicted octanol–water partition coefficient (Wildman–Crippen LogP) is 2.10. The molecule has 1 aliphatic rings.